The number of hydrogen-bond donors (Lipinski definition) is 1. The lowest BCUT2D eigenvalue weighted by Crippen LogP contribution is -2.19. The fourth-order valence-corrected chi connectivity index (χ4v) is 2.81. The quantitative estimate of drug-likeness (QED) is 0.609. The highest BCUT2D eigenvalue weighted by Crippen LogP contribution is 2.40. The maximum absolute atomic E-state index is 8.68. The summed E-state index contributed by atoms with van der Waals surface area (Å²) >= 11 is 0. The van der Waals surface area contributed by atoms with E-state index < -0.39 is 0 Å². The van der Waals surface area contributed by atoms with Crippen molar-refractivity contribution < 1.29 is 5.11 Å². The predicted molar refractivity (Wildman–Crippen MR) is 92.4 cm³/mol. The van der Waals surface area contributed by atoms with Crippen molar-refractivity contribution in [2.75, 3.05) is 0 Å². The van der Waals surface area contributed by atoms with E-state index >= 15 is 0 Å². The van der Waals surface area contributed by atoms with Crippen LogP contribution in [0.5, 0.6) is 0 Å². The summed E-state index contributed by atoms with van der Waals surface area (Å²) in [5.41, 5.74) is 5.58. The predicted octanol–water partition coefficient (Wildman–Crippen LogP) is 6.05. The number of hydrogen-bond acceptors (Lipinski definition) is 1. The average Bonchev–Trinajstić information content (AvgIpc) is 2.37. The van der Waals surface area contributed by atoms with Gasteiger partial charge in [-0.2, -0.15) is 0 Å². The van der Waals surface area contributed by atoms with Gasteiger partial charge in [0.25, 0.3) is 0 Å². The SMILES string of the molecule is CC1=C(/C=C/C(C)=C/C=C/C(C)=C/[CH]O)C(C)(C)CCC1. The molecule has 0 fully saturated rings. The molecule has 0 atom stereocenters. The Labute approximate surface area is 130 Å². The van der Waals surface area contributed by atoms with E-state index in [1.165, 1.54) is 36.0 Å². The van der Waals surface area contributed by atoms with Crippen LogP contribution < -0.4 is 0 Å². The smallest absolute Gasteiger partial charge is 0.102 e. The normalized spacial score (nSPS) is 20.9. The van der Waals surface area contributed by atoms with Crippen LogP contribution >= 0.6 is 0 Å². The standard InChI is InChI=1S/C20H29O/c1-16(8-6-9-17(2)13-15-21)11-12-19-18(3)10-7-14-20(19,4)5/h6,8-9,11-13,15,21H,7,10,14H2,1-5H3/b9-6+,12-11+,16-8+,17-13+. The summed E-state index contributed by atoms with van der Waals surface area (Å²) in [5.74, 6) is 0. The number of aliphatic hydroxyl groups excluding tert-OH is 1. The molecule has 0 saturated carbocycles. The monoisotopic (exact) mass is 285 g/mol. The molecule has 0 bridgehead atoms. The summed E-state index contributed by atoms with van der Waals surface area (Å²) in [4.78, 5) is 0. The van der Waals surface area contributed by atoms with Crippen LogP contribution in [0.25, 0.3) is 0 Å². The van der Waals surface area contributed by atoms with Crippen molar-refractivity contribution in [2.45, 2.75) is 53.9 Å². The lowest BCUT2D eigenvalue weighted by Gasteiger charge is -2.32. The van der Waals surface area contributed by atoms with E-state index in [1.54, 1.807) is 6.08 Å². The van der Waals surface area contributed by atoms with Gasteiger partial charge >= 0.3 is 0 Å². The molecule has 0 heterocycles. The Morgan fingerprint density at radius 1 is 1.10 bits per heavy atom. The van der Waals surface area contributed by atoms with E-state index in [9.17, 15) is 0 Å². The van der Waals surface area contributed by atoms with Crippen LogP contribution in [0.1, 0.15) is 53.9 Å². The molecule has 1 nitrogen and oxygen atoms in total. The van der Waals surface area contributed by atoms with Crippen LogP contribution in [0.15, 0.2) is 58.7 Å². The largest absolute Gasteiger partial charge is 0.386 e. The molecule has 0 aromatic rings. The summed E-state index contributed by atoms with van der Waals surface area (Å²) < 4.78 is 0. The molecule has 1 heteroatoms. The molecule has 1 N–H and O–H groups in total. The number of rotatable bonds is 5. The van der Waals surface area contributed by atoms with Gasteiger partial charge in [-0.3, -0.25) is 0 Å². The van der Waals surface area contributed by atoms with Crippen LogP contribution in [0.3, 0.4) is 0 Å². The van der Waals surface area contributed by atoms with Gasteiger partial charge in [0.05, 0.1) is 0 Å². The van der Waals surface area contributed by atoms with Crippen LogP contribution in [-0.4, -0.2) is 5.11 Å². The number of aliphatic hydroxyl groups is 1. The Balaban J connectivity index is 2.78. The van der Waals surface area contributed by atoms with Gasteiger partial charge in [-0.05, 0) is 51.0 Å². The van der Waals surface area contributed by atoms with Crippen molar-refractivity contribution in [3.63, 3.8) is 0 Å². The van der Waals surface area contributed by atoms with E-state index in [0.717, 1.165) is 12.2 Å². The van der Waals surface area contributed by atoms with Crippen molar-refractivity contribution in [3.8, 4) is 0 Å². The Kier molecular flexibility index (Phi) is 6.91. The second-order valence-corrected chi connectivity index (χ2v) is 6.59. The first-order chi connectivity index (χ1) is 9.86. The van der Waals surface area contributed by atoms with Crippen LogP contribution in [0.2, 0.25) is 0 Å². The molecule has 1 rings (SSSR count). The van der Waals surface area contributed by atoms with E-state index in [0.29, 0.717) is 5.41 Å². The lowest BCUT2D eigenvalue weighted by molar-refractivity contribution is 0.377. The molecule has 0 aliphatic heterocycles. The zero-order valence-corrected chi connectivity index (χ0v) is 14.1. The Morgan fingerprint density at radius 3 is 2.38 bits per heavy atom. The summed E-state index contributed by atoms with van der Waals surface area (Å²) in [5, 5.41) is 8.68. The first-order valence-electron chi connectivity index (χ1n) is 7.74. The minimum absolute atomic E-state index is 0.297. The summed E-state index contributed by atoms with van der Waals surface area (Å²) in [6.45, 7) is 12.1. The Morgan fingerprint density at radius 2 is 1.76 bits per heavy atom. The third-order valence-corrected chi connectivity index (χ3v) is 4.11. The minimum atomic E-state index is 0.297. The van der Waals surface area contributed by atoms with Gasteiger partial charge in [0, 0.05) is 0 Å². The van der Waals surface area contributed by atoms with Crippen molar-refractivity contribution >= 4 is 0 Å². The second kappa shape index (κ2) is 8.19. The van der Waals surface area contributed by atoms with Gasteiger partial charge in [0.1, 0.15) is 6.61 Å². The molecule has 0 spiro atoms. The molecule has 0 unspecified atom stereocenters. The van der Waals surface area contributed by atoms with E-state index in [1.807, 2.05) is 19.1 Å². The fraction of sp³-hybridized carbons (Fsp3) is 0.450. The molecular weight excluding hydrogens is 256 g/mol. The average molecular weight is 285 g/mol. The second-order valence-electron chi connectivity index (χ2n) is 6.59. The molecule has 0 aromatic heterocycles. The zero-order chi connectivity index (χ0) is 15.9. The van der Waals surface area contributed by atoms with Crippen LogP contribution in [0, 0.1) is 12.0 Å². The highest BCUT2D eigenvalue weighted by Gasteiger charge is 2.26. The first kappa shape index (κ1) is 17.7. The van der Waals surface area contributed by atoms with Crippen molar-refractivity contribution in [1.29, 1.82) is 0 Å². The van der Waals surface area contributed by atoms with Gasteiger partial charge in [0.15, 0.2) is 0 Å². The van der Waals surface area contributed by atoms with E-state index in [2.05, 4.69) is 45.9 Å². The van der Waals surface area contributed by atoms with E-state index in [-0.39, 0.29) is 0 Å². The molecule has 1 aliphatic rings. The number of allylic oxidation sites excluding steroid dienone is 9. The third kappa shape index (κ3) is 5.89. The van der Waals surface area contributed by atoms with Gasteiger partial charge in [0.2, 0.25) is 0 Å². The van der Waals surface area contributed by atoms with Crippen molar-refractivity contribution in [2.24, 2.45) is 5.41 Å². The molecule has 21 heavy (non-hydrogen) atoms. The molecule has 0 saturated heterocycles. The van der Waals surface area contributed by atoms with Crippen LogP contribution in [-0.2, 0) is 0 Å². The molecule has 115 valence electrons. The topological polar surface area (TPSA) is 20.2 Å². The Bertz CT molecular complexity index is 496. The third-order valence-electron chi connectivity index (χ3n) is 4.11. The maximum atomic E-state index is 8.68. The van der Waals surface area contributed by atoms with Gasteiger partial charge in [-0.25, -0.2) is 0 Å². The molecule has 1 radical (unpaired) electrons. The highest BCUT2D eigenvalue weighted by atomic mass is 16.2. The van der Waals surface area contributed by atoms with E-state index in [4.69, 9.17) is 5.11 Å². The fourth-order valence-electron chi connectivity index (χ4n) is 2.81. The summed E-state index contributed by atoms with van der Waals surface area (Å²) in [6.07, 6.45) is 16.1. The maximum Gasteiger partial charge on any atom is 0.102 e. The summed E-state index contributed by atoms with van der Waals surface area (Å²) in [6, 6.07) is 0. The summed E-state index contributed by atoms with van der Waals surface area (Å²) in [7, 11) is 0. The van der Waals surface area contributed by atoms with Crippen molar-refractivity contribution in [3.05, 3.63) is 65.4 Å². The lowest BCUT2D eigenvalue weighted by atomic mass is 9.72. The van der Waals surface area contributed by atoms with Gasteiger partial charge in [-0.1, -0.05) is 67.0 Å². The molecular formula is C20H29O. The Hall–Kier alpha value is -1.34. The van der Waals surface area contributed by atoms with Crippen LogP contribution in [0.4, 0.5) is 0 Å². The molecule has 1 aliphatic carbocycles. The van der Waals surface area contributed by atoms with Gasteiger partial charge in [-0.15, -0.1) is 0 Å². The van der Waals surface area contributed by atoms with Gasteiger partial charge < -0.3 is 5.11 Å². The minimum Gasteiger partial charge on any atom is -0.386 e. The van der Waals surface area contributed by atoms with Crippen molar-refractivity contribution in [1.82, 2.24) is 0 Å². The zero-order valence-electron chi connectivity index (χ0n) is 14.1. The highest BCUT2D eigenvalue weighted by molar-refractivity contribution is 5.37. The molecule has 0 aromatic carbocycles. The first-order valence-corrected chi connectivity index (χ1v) is 7.74. The molecule has 0 amide bonds.